The number of nitrogens with two attached hydrogens (primary N) is 1. The van der Waals surface area contributed by atoms with Crippen molar-refractivity contribution in [3.63, 3.8) is 0 Å². The van der Waals surface area contributed by atoms with E-state index in [1.807, 2.05) is 0 Å². The molecule has 0 aliphatic rings. The third-order valence-corrected chi connectivity index (χ3v) is 5.53. The molecule has 0 aliphatic heterocycles. The van der Waals surface area contributed by atoms with Gasteiger partial charge in [0.15, 0.2) is 5.82 Å². The number of nitrogens with zero attached hydrogens (tertiary/aromatic N) is 3. The first-order chi connectivity index (χ1) is 13.4. The van der Waals surface area contributed by atoms with Crippen molar-refractivity contribution in [1.82, 2.24) is 14.9 Å². The van der Waals surface area contributed by atoms with Gasteiger partial charge in [0, 0.05) is 10.6 Å². The Hall–Kier alpha value is -2.13. The maximum absolute atomic E-state index is 12.3. The highest BCUT2D eigenvalue weighted by molar-refractivity contribution is 7.99. The van der Waals surface area contributed by atoms with Crippen molar-refractivity contribution in [3.8, 4) is 17.1 Å². The number of amides is 1. The number of carbonyl (C=O) groups excluding carboxylic acids is 1. The average Bonchev–Trinajstić information content (AvgIpc) is 3.03. The molecule has 0 spiro atoms. The van der Waals surface area contributed by atoms with E-state index >= 15 is 0 Å². The minimum Gasteiger partial charge on any atom is -0.495 e. The number of benzene rings is 2. The largest absolute Gasteiger partial charge is 0.495 e. The summed E-state index contributed by atoms with van der Waals surface area (Å²) in [4.78, 5) is 12.3. The molecule has 3 N–H and O–H groups in total. The molecule has 0 saturated heterocycles. The van der Waals surface area contributed by atoms with Crippen molar-refractivity contribution in [2.24, 2.45) is 0 Å². The number of nitrogens with one attached hydrogen (secondary N) is 1. The first kappa shape index (κ1) is 20.6. The van der Waals surface area contributed by atoms with Crippen LogP contribution in [-0.2, 0) is 4.79 Å². The molecule has 28 heavy (non-hydrogen) atoms. The number of carbonyl (C=O) groups is 1. The molecule has 0 aliphatic carbocycles. The van der Waals surface area contributed by atoms with Crippen molar-refractivity contribution in [2.45, 2.75) is 5.16 Å². The fourth-order valence-electron chi connectivity index (χ4n) is 2.30. The molecule has 3 rings (SSSR count). The highest BCUT2D eigenvalue weighted by Gasteiger charge is 2.15. The van der Waals surface area contributed by atoms with Gasteiger partial charge in [-0.1, -0.05) is 46.6 Å². The smallest absolute Gasteiger partial charge is 0.234 e. The summed E-state index contributed by atoms with van der Waals surface area (Å²) < 4.78 is 6.50. The normalized spacial score (nSPS) is 10.7. The molecular formula is C17H14Cl3N5O2S. The summed E-state index contributed by atoms with van der Waals surface area (Å²) >= 11 is 19.1. The highest BCUT2D eigenvalue weighted by Crippen LogP contribution is 2.30. The van der Waals surface area contributed by atoms with Crippen LogP contribution in [0, 0.1) is 0 Å². The zero-order valence-electron chi connectivity index (χ0n) is 14.4. The summed E-state index contributed by atoms with van der Waals surface area (Å²) in [5.41, 5.74) is 1.13. The van der Waals surface area contributed by atoms with Gasteiger partial charge in [0.1, 0.15) is 5.75 Å². The molecule has 1 heterocycles. The molecule has 0 radical (unpaired) electrons. The van der Waals surface area contributed by atoms with Gasteiger partial charge >= 0.3 is 0 Å². The fraction of sp³-hybridized carbons (Fsp3) is 0.118. The van der Waals surface area contributed by atoms with Crippen LogP contribution in [-0.4, -0.2) is 33.6 Å². The minimum atomic E-state index is -0.273. The lowest BCUT2D eigenvalue weighted by Gasteiger charge is -2.10. The lowest BCUT2D eigenvalue weighted by atomic mass is 10.2. The minimum absolute atomic E-state index is 0.0619. The quantitative estimate of drug-likeness (QED) is 0.421. The van der Waals surface area contributed by atoms with Gasteiger partial charge in [-0.15, -0.1) is 10.2 Å². The van der Waals surface area contributed by atoms with Crippen molar-refractivity contribution in [1.29, 1.82) is 0 Å². The number of anilines is 1. The van der Waals surface area contributed by atoms with Crippen LogP contribution >= 0.6 is 46.6 Å². The Morgan fingerprint density at radius 1 is 1.18 bits per heavy atom. The predicted octanol–water partition coefficient (Wildman–Crippen LogP) is 4.36. The lowest BCUT2D eigenvalue weighted by molar-refractivity contribution is -0.113. The monoisotopic (exact) mass is 457 g/mol. The average molecular weight is 459 g/mol. The first-order valence-corrected chi connectivity index (χ1v) is 9.93. The summed E-state index contributed by atoms with van der Waals surface area (Å²) in [6.45, 7) is 0. The lowest BCUT2D eigenvalue weighted by Crippen LogP contribution is -2.16. The zero-order chi connectivity index (χ0) is 20.3. The summed E-state index contributed by atoms with van der Waals surface area (Å²) in [5, 5.41) is 12.5. The molecule has 146 valence electrons. The van der Waals surface area contributed by atoms with Gasteiger partial charge < -0.3 is 15.9 Å². The Balaban J connectivity index is 1.68. The number of hydrogen-bond acceptors (Lipinski definition) is 6. The Bertz CT molecular complexity index is 1030. The van der Waals surface area contributed by atoms with Gasteiger partial charge in [-0.2, -0.15) is 0 Å². The fourth-order valence-corrected chi connectivity index (χ4v) is 3.43. The Kier molecular flexibility index (Phi) is 6.56. The van der Waals surface area contributed by atoms with E-state index in [4.69, 9.17) is 45.4 Å². The molecule has 3 aromatic rings. The molecule has 7 nitrogen and oxygen atoms in total. The van der Waals surface area contributed by atoms with Gasteiger partial charge in [-0.05, 0) is 36.4 Å². The van der Waals surface area contributed by atoms with E-state index in [1.165, 1.54) is 11.8 Å². The van der Waals surface area contributed by atoms with Crippen LogP contribution in [0.15, 0.2) is 41.6 Å². The van der Waals surface area contributed by atoms with Crippen molar-refractivity contribution >= 4 is 58.2 Å². The Morgan fingerprint density at radius 2 is 1.96 bits per heavy atom. The molecule has 1 aromatic heterocycles. The third-order valence-electron chi connectivity index (χ3n) is 3.61. The van der Waals surface area contributed by atoms with Crippen molar-refractivity contribution < 1.29 is 9.53 Å². The molecule has 11 heteroatoms. The molecule has 0 atom stereocenters. The zero-order valence-corrected chi connectivity index (χ0v) is 17.5. The second-order valence-corrected chi connectivity index (χ2v) is 7.68. The predicted molar refractivity (Wildman–Crippen MR) is 113 cm³/mol. The number of rotatable bonds is 6. The standard InChI is InChI=1S/C17H14Cl3N5O2S/c1-27-14-5-3-10(18)7-13(14)22-15(26)8-28-17-24-23-16(25(17)21)9-2-4-11(19)12(20)6-9/h2-7H,8,21H2,1H3,(H,22,26). The first-order valence-electron chi connectivity index (χ1n) is 7.81. The number of ether oxygens (including phenoxy) is 1. The third kappa shape index (κ3) is 4.64. The van der Waals surface area contributed by atoms with E-state index in [1.54, 1.807) is 36.4 Å². The van der Waals surface area contributed by atoms with Crippen LogP contribution in [0.5, 0.6) is 5.75 Å². The van der Waals surface area contributed by atoms with Crippen LogP contribution in [0.3, 0.4) is 0 Å². The van der Waals surface area contributed by atoms with E-state index in [0.717, 1.165) is 11.8 Å². The van der Waals surface area contributed by atoms with Crippen LogP contribution in [0.2, 0.25) is 15.1 Å². The summed E-state index contributed by atoms with van der Waals surface area (Å²) in [6, 6.07) is 9.97. The van der Waals surface area contributed by atoms with Crippen LogP contribution < -0.4 is 15.9 Å². The molecule has 0 bridgehead atoms. The summed E-state index contributed by atoms with van der Waals surface area (Å²) in [5.74, 6) is 6.75. The van der Waals surface area contributed by atoms with E-state index < -0.39 is 0 Å². The molecule has 1 amide bonds. The molecule has 2 aromatic carbocycles. The number of thioether (sulfide) groups is 1. The maximum Gasteiger partial charge on any atom is 0.234 e. The Labute approximate surface area is 180 Å². The number of hydrogen-bond donors (Lipinski definition) is 2. The van der Waals surface area contributed by atoms with Crippen LogP contribution in [0.25, 0.3) is 11.4 Å². The second kappa shape index (κ2) is 8.91. The number of halogens is 3. The maximum atomic E-state index is 12.3. The molecule has 0 saturated carbocycles. The van der Waals surface area contributed by atoms with E-state index in [0.29, 0.717) is 43.0 Å². The Morgan fingerprint density at radius 3 is 2.68 bits per heavy atom. The van der Waals surface area contributed by atoms with Crippen molar-refractivity contribution in [2.75, 3.05) is 24.0 Å². The van der Waals surface area contributed by atoms with Crippen LogP contribution in [0.1, 0.15) is 0 Å². The summed E-state index contributed by atoms with van der Waals surface area (Å²) in [7, 11) is 1.51. The highest BCUT2D eigenvalue weighted by atomic mass is 35.5. The molecule has 0 unspecified atom stereocenters. The van der Waals surface area contributed by atoms with Gasteiger partial charge in [-0.25, -0.2) is 4.68 Å². The number of methoxy groups -OCH3 is 1. The summed E-state index contributed by atoms with van der Waals surface area (Å²) in [6.07, 6.45) is 0. The topological polar surface area (TPSA) is 95.1 Å². The molecule has 0 fully saturated rings. The van der Waals surface area contributed by atoms with Gasteiger partial charge in [0.2, 0.25) is 11.1 Å². The number of nitrogen functional groups attached to an aromatic ring is 1. The second-order valence-electron chi connectivity index (χ2n) is 5.49. The van der Waals surface area contributed by atoms with E-state index in [2.05, 4.69) is 15.5 Å². The molecular weight excluding hydrogens is 445 g/mol. The number of aromatic nitrogens is 3. The van der Waals surface area contributed by atoms with Crippen LogP contribution in [0.4, 0.5) is 5.69 Å². The van der Waals surface area contributed by atoms with Gasteiger partial charge in [-0.3, -0.25) is 4.79 Å². The van der Waals surface area contributed by atoms with Gasteiger partial charge in [0.25, 0.3) is 0 Å². The van der Waals surface area contributed by atoms with Crippen molar-refractivity contribution in [3.05, 3.63) is 51.5 Å². The van der Waals surface area contributed by atoms with Gasteiger partial charge in [0.05, 0.1) is 28.6 Å². The SMILES string of the molecule is COc1ccc(Cl)cc1NC(=O)CSc1nnc(-c2ccc(Cl)c(Cl)c2)n1N. The van der Waals surface area contributed by atoms with E-state index in [-0.39, 0.29) is 11.7 Å². The van der Waals surface area contributed by atoms with E-state index in [9.17, 15) is 4.79 Å².